The summed E-state index contributed by atoms with van der Waals surface area (Å²) in [5, 5.41) is 3.10. The zero-order valence-electron chi connectivity index (χ0n) is 14.0. The molecule has 0 radical (unpaired) electrons. The molecule has 1 atom stereocenters. The smallest absolute Gasteiger partial charge is 0.221 e. The van der Waals surface area contributed by atoms with E-state index in [2.05, 4.69) is 15.2 Å². The average molecular weight is 303 g/mol. The summed E-state index contributed by atoms with van der Waals surface area (Å²) in [5.74, 6) is 0.157. The number of nitrogens with zero attached hydrogens (tertiary/aromatic N) is 2. The normalized spacial score (nSPS) is 17.7. The number of hydrogen-bond donors (Lipinski definition) is 1. The van der Waals surface area contributed by atoms with E-state index in [0.29, 0.717) is 6.42 Å². The quantitative estimate of drug-likeness (QED) is 0.879. The number of amides is 1. The SMILES string of the molecule is Cc1cccc(C[C@H](C)NC(=O)CCN2CCCCCC2)n1. The predicted octanol–water partition coefficient (Wildman–Crippen LogP) is 2.70. The van der Waals surface area contributed by atoms with E-state index in [0.717, 1.165) is 37.4 Å². The van der Waals surface area contributed by atoms with Gasteiger partial charge < -0.3 is 10.2 Å². The third kappa shape index (κ3) is 6.14. The lowest BCUT2D eigenvalue weighted by Crippen LogP contribution is -2.37. The maximum atomic E-state index is 12.1. The molecule has 2 rings (SSSR count). The molecule has 1 aromatic heterocycles. The first-order valence-electron chi connectivity index (χ1n) is 8.58. The molecule has 1 amide bonds. The van der Waals surface area contributed by atoms with Crippen molar-refractivity contribution in [3.8, 4) is 0 Å². The lowest BCUT2D eigenvalue weighted by Gasteiger charge is -2.20. The summed E-state index contributed by atoms with van der Waals surface area (Å²) in [6.07, 6.45) is 6.61. The van der Waals surface area contributed by atoms with Crippen LogP contribution in [0, 0.1) is 6.92 Å². The van der Waals surface area contributed by atoms with Crippen LogP contribution in [0.2, 0.25) is 0 Å². The number of rotatable bonds is 6. The molecule has 4 heteroatoms. The van der Waals surface area contributed by atoms with E-state index in [1.54, 1.807) is 0 Å². The second-order valence-electron chi connectivity index (χ2n) is 6.45. The van der Waals surface area contributed by atoms with Gasteiger partial charge in [-0.3, -0.25) is 9.78 Å². The van der Waals surface area contributed by atoms with Gasteiger partial charge in [-0.25, -0.2) is 0 Å². The predicted molar refractivity (Wildman–Crippen MR) is 89.8 cm³/mol. The molecule has 2 heterocycles. The van der Waals surface area contributed by atoms with Crippen LogP contribution in [0.15, 0.2) is 18.2 Å². The molecule has 0 aromatic carbocycles. The third-order valence-electron chi connectivity index (χ3n) is 4.22. The summed E-state index contributed by atoms with van der Waals surface area (Å²) in [4.78, 5) is 19.0. The minimum Gasteiger partial charge on any atom is -0.353 e. The van der Waals surface area contributed by atoms with Gasteiger partial charge >= 0.3 is 0 Å². The summed E-state index contributed by atoms with van der Waals surface area (Å²) in [5.41, 5.74) is 2.07. The Morgan fingerprint density at radius 2 is 2.00 bits per heavy atom. The van der Waals surface area contributed by atoms with Crippen molar-refractivity contribution >= 4 is 5.91 Å². The molecule has 0 unspecified atom stereocenters. The molecule has 122 valence electrons. The molecule has 1 fully saturated rings. The number of carbonyl (C=O) groups excluding carboxylic acids is 1. The Morgan fingerprint density at radius 3 is 2.68 bits per heavy atom. The van der Waals surface area contributed by atoms with Gasteiger partial charge in [-0.05, 0) is 51.9 Å². The fourth-order valence-corrected chi connectivity index (χ4v) is 3.04. The van der Waals surface area contributed by atoms with Gasteiger partial charge in [0.15, 0.2) is 0 Å². The van der Waals surface area contributed by atoms with Gasteiger partial charge in [0, 0.05) is 36.8 Å². The van der Waals surface area contributed by atoms with Crippen molar-refractivity contribution in [2.24, 2.45) is 0 Å². The van der Waals surface area contributed by atoms with Crippen LogP contribution in [-0.2, 0) is 11.2 Å². The van der Waals surface area contributed by atoms with Crippen molar-refractivity contribution in [3.05, 3.63) is 29.6 Å². The molecule has 1 aliphatic heterocycles. The van der Waals surface area contributed by atoms with Crippen molar-refractivity contribution in [1.82, 2.24) is 15.2 Å². The Balaban J connectivity index is 1.69. The molecule has 0 aliphatic carbocycles. The van der Waals surface area contributed by atoms with Crippen molar-refractivity contribution in [1.29, 1.82) is 0 Å². The van der Waals surface area contributed by atoms with Gasteiger partial charge in [0.25, 0.3) is 0 Å². The van der Waals surface area contributed by atoms with Crippen LogP contribution in [0.3, 0.4) is 0 Å². The van der Waals surface area contributed by atoms with E-state index in [1.807, 2.05) is 32.0 Å². The molecule has 1 aliphatic rings. The maximum Gasteiger partial charge on any atom is 0.221 e. The molecule has 0 spiro atoms. The molecule has 4 nitrogen and oxygen atoms in total. The molecule has 22 heavy (non-hydrogen) atoms. The first kappa shape index (κ1) is 16.9. The molecular weight excluding hydrogens is 274 g/mol. The summed E-state index contributed by atoms with van der Waals surface area (Å²) < 4.78 is 0. The second kappa shape index (κ2) is 8.89. The van der Waals surface area contributed by atoms with E-state index in [1.165, 1.54) is 25.7 Å². The van der Waals surface area contributed by atoms with Gasteiger partial charge in [0.2, 0.25) is 5.91 Å². The van der Waals surface area contributed by atoms with Crippen LogP contribution in [0.1, 0.15) is 50.4 Å². The average Bonchev–Trinajstić information content (AvgIpc) is 2.73. The van der Waals surface area contributed by atoms with Crippen LogP contribution in [-0.4, -0.2) is 41.5 Å². The van der Waals surface area contributed by atoms with E-state index in [4.69, 9.17) is 0 Å². The van der Waals surface area contributed by atoms with Crippen LogP contribution >= 0.6 is 0 Å². The summed E-state index contributed by atoms with van der Waals surface area (Å²) >= 11 is 0. The molecule has 0 bridgehead atoms. The number of aryl methyl sites for hydroxylation is 1. The van der Waals surface area contributed by atoms with Crippen molar-refractivity contribution in [2.45, 2.75) is 58.4 Å². The Hall–Kier alpha value is -1.42. The second-order valence-corrected chi connectivity index (χ2v) is 6.45. The lowest BCUT2D eigenvalue weighted by atomic mass is 10.1. The minimum atomic E-state index is 0.130. The fourth-order valence-electron chi connectivity index (χ4n) is 3.04. The molecular formula is C18H29N3O. The Kier molecular flexibility index (Phi) is 6.84. The molecule has 1 aromatic rings. The summed E-state index contributed by atoms with van der Waals surface area (Å²) in [6.45, 7) is 7.23. The van der Waals surface area contributed by atoms with Crippen molar-refractivity contribution in [2.75, 3.05) is 19.6 Å². The summed E-state index contributed by atoms with van der Waals surface area (Å²) in [7, 11) is 0. The van der Waals surface area contributed by atoms with Gasteiger partial charge in [0.05, 0.1) is 0 Å². The molecule has 1 saturated heterocycles. The largest absolute Gasteiger partial charge is 0.353 e. The highest BCUT2D eigenvalue weighted by molar-refractivity contribution is 5.76. The number of pyridine rings is 1. The van der Waals surface area contributed by atoms with Gasteiger partial charge in [-0.15, -0.1) is 0 Å². The lowest BCUT2D eigenvalue weighted by molar-refractivity contribution is -0.122. The number of carbonyl (C=O) groups is 1. The standard InChI is InChI=1S/C18H29N3O/c1-15-8-7-9-17(19-15)14-16(2)20-18(22)10-13-21-11-5-3-4-6-12-21/h7-9,16H,3-6,10-14H2,1-2H3,(H,20,22)/t16-/m0/s1. The first-order chi connectivity index (χ1) is 10.6. The van der Waals surface area contributed by atoms with Crippen LogP contribution < -0.4 is 5.32 Å². The minimum absolute atomic E-state index is 0.130. The van der Waals surface area contributed by atoms with E-state index in [-0.39, 0.29) is 11.9 Å². The molecule has 0 saturated carbocycles. The topological polar surface area (TPSA) is 45.2 Å². The van der Waals surface area contributed by atoms with E-state index < -0.39 is 0 Å². The van der Waals surface area contributed by atoms with E-state index >= 15 is 0 Å². The number of hydrogen-bond acceptors (Lipinski definition) is 3. The Bertz CT molecular complexity index is 467. The maximum absolute atomic E-state index is 12.1. The summed E-state index contributed by atoms with van der Waals surface area (Å²) in [6, 6.07) is 6.16. The zero-order chi connectivity index (χ0) is 15.8. The molecule has 1 N–H and O–H groups in total. The highest BCUT2D eigenvalue weighted by Gasteiger charge is 2.13. The Morgan fingerprint density at radius 1 is 1.27 bits per heavy atom. The Labute approximate surface area is 134 Å². The number of likely N-dealkylation sites (tertiary alicyclic amines) is 1. The fraction of sp³-hybridized carbons (Fsp3) is 0.667. The van der Waals surface area contributed by atoms with Crippen LogP contribution in [0.25, 0.3) is 0 Å². The first-order valence-corrected chi connectivity index (χ1v) is 8.58. The number of aromatic nitrogens is 1. The van der Waals surface area contributed by atoms with E-state index in [9.17, 15) is 4.79 Å². The highest BCUT2D eigenvalue weighted by atomic mass is 16.1. The van der Waals surface area contributed by atoms with Crippen molar-refractivity contribution < 1.29 is 4.79 Å². The van der Waals surface area contributed by atoms with Crippen molar-refractivity contribution in [3.63, 3.8) is 0 Å². The zero-order valence-corrected chi connectivity index (χ0v) is 14.0. The van der Waals surface area contributed by atoms with Crippen LogP contribution in [0.4, 0.5) is 0 Å². The third-order valence-corrected chi connectivity index (χ3v) is 4.22. The highest BCUT2D eigenvalue weighted by Crippen LogP contribution is 2.09. The van der Waals surface area contributed by atoms with Gasteiger partial charge in [0.1, 0.15) is 0 Å². The number of nitrogens with one attached hydrogen (secondary N) is 1. The van der Waals surface area contributed by atoms with Gasteiger partial charge in [-0.2, -0.15) is 0 Å². The van der Waals surface area contributed by atoms with Crippen LogP contribution in [0.5, 0.6) is 0 Å². The monoisotopic (exact) mass is 303 g/mol. The van der Waals surface area contributed by atoms with Gasteiger partial charge in [-0.1, -0.05) is 18.9 Å².